The molecule has 0 saturated heterocycles. The maximum absolute atomic E-state index is 11.5. The van der Waals surface area contributed by atoms with Gasteiger partial charge in [-0.3, -0.25) is 0 Å². The molecule has 0 N–H and O–H groups in total. The highest BCUT2D eigenvalue weighted by atomic mass is 16.5. The number of esters is 1. The Morgan fingerprint density at radius 2 is 1.80 bits per heavy atom. The van der Waals surface area contributed by atoms with E-state index in [2.05, 4.69) is 0 Å². The van der Waals surface area contributed by atoms with Crippen molar-refractivity contribution in [2.45, 2.75) is 6.92 Å². The van der Waals surface area contributed by atoms with Crippen LogP contribution in [0.3, 0.4) is 0 Å². The van der Waals surface area contributed by atoms with E-state index in [0.29, 0.717) is 12.2 Å². The molecule has 0 spiro atoms. The molecule has 2 aliphatic rings. The van der Waals surface area contributed by atoms with Crippen molar-refractivity contribution in [3.05, 3.63) is 48.0 Å². The molecule has 0 heterocycles. The second kappa shape index (κ2) is 4.13. The third-order valence-corrected chi connectivity index (χ3v) is 2.26. The van der Waals surface area contributed by atoms with Crippen molar-refractivity contribution >= 4 is 5.97 Å². The molecule has 2 rings (SSSR count). The van der Waals surface area contributed by atoms with Crippen molar-refractivity contribution in [2.24, 2.45) is 0 Å². The first kappa shape index (κ1) is 9.71. The summed E-state index contributed by atoms with van der Waals surface area (Å²) in [6.45, 7) is 2.21. The lowest BCUT2D eigenvalue weighted by atomic mass is 10.2. The summed E-state index contributed by atoms with van der Waals surface area (Å²) in [5.74, 6) is -0.267. The van der Waals surface area contributed by atoms with Crippen LogP contribution in [-0.4, -0.2) is 12.6 Å². The molecular weight excluding hydrogens is 188 g/mol. The Morgan fingerprint density at radius 1 is 1.13 bits per heavy atom. The molecule has 15 heavy (non-hydrogen) atoms. The van der Waals surface area contributed by atoms with E-state index < -0.39 is 0 Å². The van der Waals surface area contributed by atoms with Gasteiger partial charge in [0.1, 0.15) is 0 Å². The molecule has 2 heteroatoms. The molecular formula is C13H12O2. The van der Waals surface area contributed by atoms with E-state index in [1.54, 1.807) is 13.0 Å². The van der Waals surface area contributed by atoms with Gasteiger partial charge in [-0.2, -0.15) is 0 Å². The zero-order chi connectivity index (χ0) is 10.7. The van der Waals surface area contributed by atoms with Crippen molar-refractivity contribution in [3.8, 4) is 11.1 Å². The molecule has 2 nitrogen and oxygen atoms in total. The smallest absolute Gasteiger partial charge is 0.338 e. The number of hydrogen-bond donors (Lipinski definition) is 0. The molecule has 0 bridgehead atoms. The molecule has 0 aromatic rings. The standard InChI is InChI=1S/C13H12O2/c1-2-15-13(14)12-8-4-6-10-5-3-7-11(10)9-12/h3-9H,2H2,1H3. The molecule has 2 aliphatic carbocycles. The lowest BCUT2D eigenvalue weighted by Gasteiger charge is -1.99. The van der Waals surface area contributed by atoms with Gasteiger partial charge in [-0.1, -0.05) is 30.3 Å². The van der Waals surface area contributed by atoms with Crippen molar-refractivity contribution in [1.29, 1.82) is 0 Å². The summed E-state index contributed by atoms with van der Waals surface area (Å²) < 4.78 is 4.96. The SMILES string of the molecule is CCOC(=O)c1cccc2cccc-2c1. The Balaban J connectivity index is 2.41. The molecule has 0 unspecified atom stereocenters. The Bertz CT molecular complexity index is 448. The van der Waals surface area contributed by atoms with Gasteiger partial charge in [-0.25, -0.2) is 4.79 Å². The summed E-state index contributed by atoms with van der Waals surface area (Å²) in [4.78, 5) is 11.5. The molecule has 0 radical (unpaired) electrons. The average molecular weight is 200 g/mol. The summed E-state index contributed by atoms with van der Waals surface area (Å²) >= 11 is 0. The number of ether oxygens (including phenoxy) is 1. The van der Waals surface area contributed by atoms with Gasteiger partial charge in [0.05, 0.1) is 12.2 Å². The summed E-state index contributed by atoms with van der Waals surface area (Å²) in [5, 5.41) is 0. The minimum atomic E-state index is -0.267. The maximum atomic E-state index is 11.5. The Morgan fingerprint density at radius 3 is 2.53 bits per heavy atom. The first-order chi connectivity index (χ1) is 7.31. The zero-order valence-corrected chi connectivity index (χ0v) is 8.57. The fourth-order valence-electron chi connectivity index (χ4n) is 1.54. The van der Waals surface area contributed by atoms with Crippen LogP contribution < -0.4 is 0 Å². The maximum Gasteiger partial charge on any atom is 0.338 e. The Labute approximate surface area is 88.8 Å². The first-order valence-corrected chi connectivity index (χ1v) is 4.97. The highest BCUT2D eigenvalue weighted by molar-refractivity contribution is 5.91. The fraction of sp³-hybridized carbons (Fsp3) is 0.154. The topological polar surface area (TPSA) is 26.3 Å². The lowest BCUT2D eigenvalue weighted by Crippen LogP contribution is -2.03. The molecule has 0 saturated carbocycles. The van der Waals surface area contributed by atoms with Gasteiger partial charge in [-0.15, -0.1) is 0 Å². The van der Waals surface area contributed by atoms with Crippen LogP contribution in [0.15, 0.2) is 42.5 Å². The van der Waals surface area contributed by atoms with Gasteiger partial charge in [0.2, 0.25) is 0 Å². The molecule has 76 valence electrons. The summed E-state index contributed by atoms with van der Waals surface area (Å²) in [7, 11) is 0. The third-order valence-electron chi connectivity index (χ3n) is 2.26. The van der Waals surface area contributed by atoms with Crippen LogP contribution in [0, 0.1) is 0 Å². The molecule has 0 atom stereocenters. The van der Waals surface area contributed by atoms with E-state index in [1.807, 2.05) is 36.4 Å². The van der Waals surface area contributed by atoms with E-state index in [0.717, 1.165) is 11.1 Å². The molecule has 0 amide bonds. The minimum absolute atomic E-state index is 0.267. The normalized spacial score (nSPS) is 10.2. The number of rotatable bonds is 2. The number of hydrogen-bond acceptors (Lipinski definition) is 2. The van der Waals surface area contributed by atoms with Crippen LogP contribution in [0.5, 0.6) is 0 Å². The minimum Gasteiger partial charge on any atom is -0.462 e. The summed E-state index contributed by atoms with van der Waals surface area (Å²) in [6, 6.07) is 13.5. The van der Waals surface area contributed by atoms with Crippen LogP contribution in [0.25, 0.3) is 11.1 Å². The second-order valence-electron chi connectivity index (χ2n) is 3.28. The van der Waals surface area contributed by atoms with E-state index in [-0.39, 0.29) is 5.97 Å². The number of carbonyl (C=O) groups excluding carboxylic acids is 1. The van der Waals surface area contributed by atoms with E-state index in [4.69, 9.17) is 4.74 Å². The molecule has 0 fully saturated rings. The van der Waals surface area contributed by atoms with Gasteiger partial charge in [0.15, 0.2) is 0 Å². The van der Waals surface area contributed by atoms with Gasteiger partial charge >= 0.3 is 5.97 Å². The van der Waals surface area contributed by atoms with Crippen LogP contribution in [0.4, 0.5) is 0 Å². The van der Waals surface area contributed by atoms with Crippen LogP contribution >= 0.6 is 0 Å². The highest BCUT2D eigenvalue weighted by Crippen LogP contribution is 2.22. The van der Waals surface area contributed by atoms with E-state index >= 15 is 0 Å². The number of carbonyl (C=O) groups is 1. The second-order valence-corrected chi connectivity index (χ2v) is 3.28. The largest absolute Gasteiger partial charge is 0.462 e. The Hall–Kier alpha value is -1.83. The van der Waals surface area contributed by atoms with E-state index in [1.165, 1.54) is 0 Å². The predicted molar refractivity (Wildman–Crippen MR) is 59.0 cm³/mol. The van der Waals surface area contributed by atoms with Gasteiger partial charge in [-0.05, 0) is 30.2 Å². The van der Waals surface area contributed by atoms with Gasteiger partial charge in [0.25, 0.3) is 0 Å². The fourth-order valence-corrected chi connectivity index (χ4v) is 1.54. The van der Waals surface area contributed by atoms with Crippen LogP contribution in [0.2, 0.25) is 0 Å². The quantitative estimate of drug-likeness (QED) is 0.696. The summed E-state index contributed by atoms with van der Waals surface area (Å²) in [5.41, 5.74) is 2.78. The monoisotopic (exact) mass is 200 g/mol. The first-order valence-electron chi connectivity index (χ1n) is 4.97. The van der Waals surface area contributed by atoms with Crippen molar-refractivity contribution in [3.63, 3.8) is 0 Å². The van der Waals surface area contributed by atoms with Crippen molar-refractivity contribution < 1.29 is 9.53 Å². The zero-order valence-electron chi connectivity index (χ0n) is 8.57. The Kier molecular flexibility index (Phi) is 2.68. The lowest BCUT2D eigenvalue weighted by molar-refractivity contribution is 0.0526. The summed E-state index contributed by atoms with van der Waals surface area (Å²) in [6.07, 6.45) is 0. The van der Waals surface area contributed by atoms with Gasteiger partial charge < -0.3 is 4.74 Å². The van der Waals surface area contributed by atoms with Crippen LogP contribution in [0.1, 0.15) is 17.3 Å². The number of fused-ring (bicyclic) bond motifs is 1. The molecule has 0 aromatic heterocycles. The molecule has 0 aliphatic heterocycles. The van der Waals surface area contributed by atoms with Crippen molar-refractivity contribution in [1.82, 2.24) is 0 Å². The average Bonchev–Trinajstić information content (AvgIpc) is 2.56. The van der Waals surface area contributed by atoms with E-state index in [9.17, 15) is 4.79 Å². The highest BCUT2D eigenvalue weighted by Gasteiger charge is 2.07. The van der Waals surface area contributed by atoms with Gasteiger partial charge in [0, 0.05) is 0 Å². The van der Waals surface area contributed by atoms with Crippen LogP contribution in [-0.2, 0) is 4.74 Å². The van der Waals surface area contributed by atoms with Crippen molar-refractivity contribution in [2.75, 3.05) is 6.61 Å². The molecule has 0 aromatic carbocycles. The third kappa shape index (κ3) is 1.99. The predicted octanol–water partition coefficient (Wildman–Crippen LogP) is 2.97.